The molecule has 0 saturated carbocycles. The van der Waals surface area contributed by atoms with Gasteiger partial charge in [-0.05, 0) is 44.5 Å². The van der Waals surface area contributed by atoms with Crippen molar-refractivity contribution in [3.63, 3.8) is 0 Å². The van der Waals surface area contributed by atoms with Crippen LogP contribution in [0.4, 0.5) is 5.00 Å². The second-order valence-electron chi connectivity index (χ2n) is 4.62. The lowest BCUT2D eigenvalue weighted by Gasteiger charge is -2.01. The molecular formula is C15H16N2O3S. The number of primary amides is 1. The molecule has 0 aliphatic rings. The van der Waals surface area contributed by atoms with Crippen LogP contribution in [-0.4, -0.2) is 11.8 Å². The summed E-state index contributed by atoms with van der Waals surface area (Å²) in [6.45, 7) is 5.51. The molecule has 3 N–H and O–H groups in total. The van der Waals surface area contributed by atoms with E-state index < -0.39 is 5.91 Å². The highest BCUT2D eigenvalue weighted by Crippen LogP contribution is 2.31. The van der Waals surface area contributed by atoms with E-state index in [1.807, 2.05) is 26.8 Å². The molecule has 0 bridgehead atoms. The molecule has 2 rings (SSSR count). The zero-order valence-electron chi connectivity index (χ0n) is 12.0. The molecule has 0 fully saturated rings. The van der Waals surface area contributed by atoms with E-state index in [0.717, 1.165) is 16.2 Å². The van der Waals surface area contributed by atoms with Crippen LogP contribution in [0, 0.1) is 20.8 Å². The first-order chi connectivity index (χ1) is 9.88. The van der Waals surface area contributed by atoms with Crippen molar-refractivity contribution in [3.8, 4) is 0 Å². The molecule has 2 heterocycles. The predicted molar refractivity (Wildman–Crippen MR) is 83.4 cm³/mol. The first kappa shape index (κ1) is 15.1. The van der Waals surface area contributed by atoms with Gasteiger partial charge in [-0.1, -0.05) is 0 Å². The Balaban J connectivity index is 2.15. The van der Waals surface area contributed by atoms with E-state index in [-0.39, 0.29) is 5.91 Å². The van der Waals surface area contributed by atoms with Crippen LogP contribution in [0.25, 0.3) is 6.08 Å². The lowest BCUT2D eigenvalue weighted by Crippen LogP contribution is -2.16. The van der Waals surface area contributed by atoms with Gasteiger partial charge in [-0.15, -0.1) is 11.3 Å². The first-order valence-corrected chi connectivity index (χ1v) is 7.15. The Labute approximate surface area is 126 Å². The number of furan rings is 1. The Hall–Kier alpha value is -2.34. The summed E-state index contributed by atoms with van der Waals surface area (Å²) >= 11 is 1.33. The number of aryl methyl sites for hydroxylation is 2. The molecule has 0 atom stereocenters. The number of nitrogens with two attached hydrogens (primary N) is 1. The average molecular weight is 304 g/mol. The zero-order valence-corrected chi connectivity index (χ0v) is 12.8. The largest absolute Gasteiger partial charge is 0.462 e. The lowest BCUT2D eigenvalue weighted by atomic mass is 10.1. The molecule has 5 nitrogen and oxygen atoms in total. The van der Waals surface area contributed by atoms with E-state index in [4.69, 9.17) is 10.2 Å². The van der Waals surface area contributed by atoms with Crippen LogP contribution in [-0.2, 0) is 4.79 Å². The molecule has 2 aromatic heterocycles. The standard InChI is InChI=1S/C15H16N2O3S/c1-8-4-5-11(20-8)6-7-12(18)17-15-13(14(16)19)9(2)10(3)21-15/h4-7H,1-3H3,(H2,16,19)(H,17,18). The number of hydrogen-bond donors (Lipinski definition) is 2. The molecule has 0 unspecified atom stereocenters. The first-order valence-electron chi connectivity index (χ1n) is 6.33. The Morgan fingerprint density at radius 2 is 2.00 bits per heavy atom. The molecule has 0 spiro atoms. The van der Waals surface area contributed by atoms with Gasteiger partial charge < -0.3 is 15.5 Å². The Kier molecular flexibility index (Phi) is 4.28. The fraction of sp³-hybridized carbons (Fsp3) is 0.200. The van der Waals surface area contributed by atoms with Gasteiger partial charge in [0.15, 0.2) is 0 Å². The van der Waals surface area contributed by atoms with E-state index in [2.05, 4.69) is 5.32 Å². The average Bonchev–Trinajstić information content (AvgIpc) is 2.92. The maximum Gasteiger partial charge on any atom is 0.251 e. The predicted octanol–water partition coefficient (Wildman–Crippen LogP) is 3.02. The van der Waals surface area contributed by atoms with Crippen molar-refractivity contribution in [1.29, 1.82) is 0 Å². The minimum atomic E-state index is -0.544. The number of rotatable bonds is 4. The Morgan fingerprint density at radius 3 is 2.57 bits per heavy atom. The molecule has 110 valence electrons. The van der Waals surface area contributed by atoms with E-state index in [1.165, 1.54) is 17.4 Å². The lowest BCUT2D eigenvalue weighted by molar-refractivity contribution is -0.111. The summed E-state index contributed by atoms with van der Waals surface area (Å²) in [4.78, 5) is 24.3. The molecular weight excluding hydrogens is 288 g/mol. The van der Waals surface area contributed by atoms with E-state index in [0.29, 0.717) is 16.3 Å². The fourth-order valence-electron chi connectivity index (χ4n) is 1.87. The zero-order chi connectivity index (χ0) is 15.6. The van der Waals surface area contributed by atoms with E-state index in [1.54, 1.807) is 12.1 Å². The van der Waals surface area contributed by atoms with Crippen LogP contribution >= 0.6 is 11.3 Å². The summed E-state index contributed by atoms with van der Waals surface area (Å²) in [5.74, 6) is 0.484. The van der Waals surface area contributed by atoms with Gasteiger partial charge in [-0.2, -0.15) is 0 Å². The van der Waals surface area contributed by atoms with Crippen molar-refractivity contribution >= 4 is 34.2 Å². The summed E-state index contributed by atoms with van der Waals surface area (Å²) in [5.41, 5.74) is 6.52. The second kappa shape index (κ2) is 5.97. The topological polar surface area (TPSA) is 85.3 Å². The molecule has 0 aliphatic carbocycles. The maximum atomic E-state index is 11.9. The molecule has 2 aromatic rings. The third kappa shape index (κ3) is 3.41. The Bertz CT molecular complexity index is 725. The van der Waals surface area contributed by atoms with Gasteiger partial charge in [0, 0.05) is 11.0 Å². The summed E-state index contributed by atoms with van der Waals surface area (Å²) < 4.78 is 5.33. The molecule has 21 heavy (non-hydrogen) atoms. The highest BCUT2D eigenvalue weighted by Gasteiger charge is 2.18. The third-order valence-corrected chi connectivity index (χ3v) is 4.15. The molecule has 2 amide bonds. The fourth-order valence-corrected chi connectivity index (χ4v) is 2.93. The summed E-state index contributed by atoms with van der Waals surface area (Å²) in [7, 11) is 0. The number of anilines is 1. The van der Waals surface area contributed by atoms with Crippen molar-refractivity contribution < 1.29 is 14.0 Å². The van der Waals surface area contributed by atoms with Gasteiger partial charge in [-0.3, -0.25) is 9.59 Å². The minimum Gasteiger partial charge on any atom is -0.462 e. The maximum absolute atomic E-state index is 11.9. The monoisotopic (exact) mass is 304 g/mol. The van der Waals surface area contributed by atoms with Gasteiger partial charge in [0.2, 0.25) is 5.91 Å². The summed E-state index contributed by atoms with van der Waals surface area (Å²) in [5, 5.41) is 3.16. The van der Waals surface area contributed by atoms with Gasteiger partial charge in [-0.25, -0.2) is 0 Å². The van der Waals surface area contributed by atoms with Gasteiger partial charge in [0.05, 0.1) is 5.56 Å². The SMILES string of the molecule is Cc1ccc(C=CC(=O)Nc2sc(C)c(C)c2C(N)=O)o1. The Morgan fingerprint density at radius 1 is 1.29 bits per heavy atom. The minimum absolute atomic E-state index is 0.340. The summed E-state index contributed by atoms with van der Waals surface area (Å²) in [6.07, 6.45) is 2.92. The van der Waals surface area contributed by atoms with Crippen molar-refractivity contribution in [2.75, 3.05) is 5.32 Å². The number of carbonyl (C=O) groups excluding carboxylic acids is 2. The van der Waals surface area contributed by atoms with Crippen LogP contribution in [0.5, 0.6) is 0 Å². The van der Waals surface area contributed by atoms with E-state index in [9.17, 15) is 9.59 Å². The van der Waals surface area contributed by atoms with Crippen LogP contribution in [0.3, 0.4) is 0 Å². The van der Waals surface area contributed by atoms with Gasteiger partial charge in [0.25, 0.3) is 5.91 Å². The number of hydrogen-bond acceptors (Lipinski definition) is 4. The normalized spacial score (nSPS) is 11.0. The highest BCUT2D eigenvalue weighted by atomic mass is 32.1. The third-order valence-electron chi connectivity index (χ3n) is 3.03. The van der Waals surface area contributed by atoms with Crippen molar-refractivity contribution in [1.82, 2.24) is 0 Å². The number of nitrogens with one attached hydrogen (secondary N) is 1. The van der Waals surface area contributed by atoms with Crippen molar-refractivity contribution in [3.05, 3.63) is 45.7 Å². The molecule has 0 aromatic carbocycles. The molecule has 0 radical (unpaired) electrons. The van der Waals surface area contributed by atoms with Crippen LogP contribution < -0.4 is 11.1 Å². The molecule has 6 heteroatoms. The van der Waals surface area contributed by atoms with Gasteiger partial charge in [0.1, 0.15) is 16.5 Å². The quantitative estimate of drug-likeness (QED) is 0.851. The number of carbonyl (C=O) groups is 2. The van der Waals surface area contributed by atoms with Crippen LogP contribution in [0.2, 0.25) is 0 Å². The summed E-state index contributed by atoms with van der Waals surface area (Å²) in [6, 6.07) is 3.59. The van der Waals surface area contributed by atoms with Crippen molar-refractivity contribution in [2.24, 2.45) is 5.73 Å². The highest BCUT2D eigenvalue weighted by molar-refractivity contribution is 7.16. The van der Waals surface area contributed by atoms with Crippen molar-refractivity contribution in [2.45, 2.75) is 20.8 Å². The molecule has 0 saturated heterocycles. The number of amides is 2. The smallest absolute Gasteiger partial charge is 0.251 e. The second-order valence-corrected chi connectivity index (χ2v) is 5.85. The molecule has 0 aliphatic heterocycles. The van der Waals surface area contributed by atoms with Gasteiger partial charge >= 0.3 is 0 Å². The van der Waals surface area contributed by atoms with E-state index >= 15 is 0 Å². The van der Waals surface area contributed by atoms with Crippen LogP contribution in [0.15, 0.2) is 22.6 Å². The van der Waals surface area contributed by atoms with Crippen LogP contribution in [0.1, 0.15) is 32.3 Å². The number of thiophene rings is 1.